The topological polar surface area (TPSA) is 79.8 Å². The Morgan fingerprint density at radius 1 is 1.13 bits per heavy atom. The van der Waals surface area contributed by atoms with Gasteiger partial charge in [0.2, 0.25) is 5.82 Å². The van der Waals surface area contributed by atoms with E-state index in [1.807, 2.05) is 25.1 Å². The highest BCUT2D eigenvalue weighted by molar-refractivity contribution is 5.85. The van der Waals surface area contributed by atoms with Gasteiger partial charge in [-0.05, 0) is 54.8 Å². The molecule has 0 saturated carbocycles. The number of ether oxygens (including phenoxy) is 1. The number of pyridine rings is 1. The molecule has 1 fully saturated rings. The Kier molecular flexibility index (Phi) is 5.30. The lowest BCUT2D eigenvalue weighted by Gasteiger charge is -2.32. The summed E-state index contributed by atoms with van der Waals surface area (Å²) in [6.07, 6.45) is 1.95. The molecule has 7 nitrogen and oxygen atoms in total. The highest BCUT2D eigenvalue weighted by Gasteiger charge is 2.22. The Labute approximate surface area is 179 Å². The molecule has 1 N–H and O–H groups in total. The fourth-order valence-electron chi connectivity index (χ4n) is 4.11. The van der Waals surface area contributed by atoms with Gasteiger partial charge in [0.15, 0.2) is 0 Å². The van der Waals surface area contributed by atoms with Gasteiger partial charge in [-0.1, -0.05) is 18.2 Å². The van der Waals surface area contributed by atoms with Crippen molar-refractivity contribution in [3.8, 4) is 17.1 Å². The lowest BCUT2D eigenvalue weighted by Crippen LogP contribution is -2.37. The zero-order valence-corrected chi connectivity index (χ0v) is 17.3. The number of hydrogen-bond acceptors (Lipinski definition) is 6. The van der Waals surface area contributed by atoms with Crippen LogP contribution >= 0.6 is 0 Å². The number of H-pyrrole nitrogens is 1. The summed E-state index contributed by atoms with van der Waals surface area (Å²) in [6.45, 7) is 4.67. The number of piperidine rings is 1. The van der Waals surface area contributed by atoms with Crippen molar-refractivity contribution in [2.24, 2.45) is 0 Å². The lowest BCUT2D eigenvalue weighted by molar-refractivity contribution is 0.0979. The zero-order valence-electron chi connectivity index (χ0n) is 17.3. The minimum atomic E-state index is -0.277. The molecule has 1 aliphatic rings. The minimum Gasteiger partial charge on any atom is -0.490 e. The van der Waals surface area contributed by atoms with Crippen LogP contribution in [0.4, 0.5) is 4.39 Å². The quantitative estimate of drug-likeness (QED) is 0.529. The van der Waals surface area contributed by atoms with Gasteiger partial charge in [0, 0.05) is 42.3 Å². The molecule has 1 saturated heterocycles. The molecule has 31 heavy (non-hydrogen) atoms. The van der Waals surface area contributed by atoms with Crippen LogP contribution in [0.3, 0.4) is 0 Å². The van der Waals surface area contributed by atoms with Crippen LogP contribution in [0.2, 0.25) is 0 Å². The molecule has 0 radical (unpaired) electrons. The van der Waals surface area contributed by atoms with Gasteiger partial charge >= 0.3 is 0 Å². The van der Waals surface area contributed by atoms with Crippen molar-refractivity contribution in [2.75, 3.05) is 13.1 Å². The number of benzene rings is 2. The highest BCUT2D eigenvalue weighted by Crippen LogP contribution is 2.29. The van der Waals surface area contributed by atoms with Crippen molar-refractivity contribution in [3.05, 3.63) is 65.6 Å². The molecule has 1 aliphatic heterocycles. The Hall–Kier alpha value is -3.39. The maximum atomic E-state index is 13.8. The van der Waals surface area contributed by atoms with Crippen molar-refractivity contribution in [1.29, 1.82) is 0 Å². The molecule has 5 rings (SSSR count). The Bertz CT molecular complexity index is 1190. The molecule has 0 amide bonds. The molecule has 0 aliphatic carbocycles. The first kappa shape index (κ1) is 19.6. The van der Waals surface area contributed by atoms with Crippen LogP contribution in [0.5, 0.6) is 5.75 Å². The van der Waals surface area contributed by atoms with E-state index < -0.39 is 0 Å². The number of hydrogen-bond donors (Lipinski definition) is 1. The van der Waals surface area contributed by atoms with Crippen molar-refractivity contribution < 1.29 is 9.13 Å². The lowest BCUT2D eigenvalue weighted by atomic mass is 10.1. The maximum absolute atomic E-state index is 13.8. The second-order valence-electron chi connectivity index (χ2n) is 7.95. The predicted molar refractivity (Wildman–Crippen MR) is 115 cm³/mol. The summed E-state index contributed by atoms with van der Waals surface area (Å²) in [7, 11) is 0. The first-order valence-corrected chi connectivity index (χ1v) is 10.4. The van der Waals surface area contributed by atoms with E-state index in [0.29, 0.717) is 11.6 Å². The Morgan fingerprint density at radius 3 is 2.81 bits per heavy atom. The largest absolute Gasteiger partial charge is 0.490 e. The number of tetrazole rings is 1. The molecular formula is C23H23FN6O. The molecule has 0 spiro atoms. The maximum Gasteiger partial charge on any atom is 0.204 e. The fourth-order valence-corrected chi connectivity index (χ4v) is 4.11. The van der Waals surface area contributed by atoms with Crippen molar-refractivity contribution in [1.82, 2.24) is 30.5 Å². The van der Waals surface area contributed by atoms with Gasteiger partial charge in [-0.3, -0.25) is 9.88 Å². The third kappa shape index (κ3) is 4.39. The molecule has 3 heterocycles. The van der Waals surface area contributed by atoms with E-state index in [0.717, 1.165) is 54.6 Å². The number of nitrogens with zero attached hydrogens (tertiary/aromatic N) is 5. The van der Waals surface area contributed by atoms with Crippen molar-refractivity contribution in [2.45, 2.75) is 32.4 Å². The Morgan fingerprint density at radius 2 is 2.00 bits per heavy atom. The van der Waals surface area contributed by atoms with Gasteiger partial charge < -0.3 is 4.74 Å². The summed E-state index contributed by atoms with van der Waals surface area (Å²) in [5.41, 5.74) is 3.80. The molecule has 158 valence electrons. The third-order valence-electron chi connectivity index (χ3n) is 5.63. The van der Waals surface area contributed by atoms with E-state index in [4.69, 9.17) is 4.74 Å². The monoisotopic (exact) mass is 418 g/mol. The summed E-state index contributed by atoms with van der Waals surface area (Å²) in [5.74, 6) is 1.04. The van der Waals surface area contributed by atoms with Crippen LogP contribution in [0, 0.1) is 12.7 Å². The molecule has 8 heteroatoms. The third-order valence-corrected chi connectivity index (χ3v) is 5.63. The number of aromatic amines is 1. The van der Waals surface area contributed by atoms with E-state index in [1.165, 1.54) is 17.7 Å². The summed E-state index contributed by atoms with van der Waals surface area (Å²) >= 11 is 0. The average Bonchev–Trinajstić information content (AvgIpc) is 3.31. The number of rotatable bonds is 5. The molecule has 0 bridgehead atoms. The molecule has 0 unspecified atom stereocenters. The summed E-state index contributed by atoms with van der Waals surface area (Å²) < 4.78 is 20.1. The van der Waals surface area contributed by atoms with Crippen LogP contribution in [0.25, 0.3) is 22.3 Å². The van der Waals surface area contributed by atoms with E-state index in [2.05, 4.69) is 42.6 Å². The fraction of sp³-hybridized carbons (Fsp3) is 0.304. The van der Waals surface area contributed by atoms with E-state index >= 15 is 0 Å². The van der Waals surface area contributed by atoms with E-state index in [9.17, 15) is 4.39 Å². The van der Waals surface area contributed by atoms with Crippen LogP contribution < -0.4 is 4.74 Å². The number of fused-ring (bicyclic) bond motifs is 1. The standard InChI is InChI=1S/C23H23FN6O/c1-15-11-22(20-13-18(24)5-6-21(20)25-15)31-19-7-9-30(10-8-19)14-16-3-2-4-17(12-16)23-26-28-29-27-23/h2-6,11-13,19H,7-10,14H2,1H3,(H,26,27,28,29). The van der Waals surface area contributed by atoms with Crippen LogP contribution in [-0.4, -0.2) is 49.7 Å². The summed E-state index contributed by atoms with van der Waals surface area (Å²) in [4.78, 5) is 6.91. The van der Waals surface area contributed by atoms with E-state index in [-0.39, 0.29) is 11.9 Å². The summed E-state index contributed by atoms with van der Waals surface area (Å²) in [6, 6.07) is 14.8. The van der Waals surface area contributed by atoms with Gasteiger partial charge in [0.1, 0.15) is 17.7 Å². The second-order valence-corrected chi connectivity index (χ2v) is 7.95. The summed E-state index contributed by atoms with van der Waals surface area (Å²) in [5, 5.41) is 15.0. The van der Waals surface area contributed by atoms with Crippen LogP contribution in [0.15, 0.2) is 48.5 Å². The minimum absolute atomic E-state index is 0.107. The van der Waals surface area contributed by atoms with Gasteiger partial charge in [-0.15, -0.1) is 10.2 Å². The van der Waals surface area contributed by atoms with E-state index in [1.54, 1.807) is 6.07 Å². The number of aromatic nitrogens is 5. The number of halogens is 1. The van der Waals surface area contributed by atoms with Gasteiger partial charge in [0.05, 0.1) is 5.52 Å². The predicted octanol–water partition coefficient (Wildman–Crippen LogP) is 3.91. The van der Waals surface area contributed by atoms with Gasteiger partial charge in [-0.2, -0.15) is 5.21 Å². The average molecular weight is 418 g/mol. The number of aryl methyl sites for hydroxylation is 1. The SMILES string of the molecule is Cc1cc(OC2CCN(Cc3cccc(-c4nn[nH]n4)c3)CC2)c2cc(F)ccc2n1. The number of nitrogens with one attached hydrogen (secondary N) is 1. The first-order valence-electron chi connectivity index (χ1n) is 10.4. The van der Waals surface area contributed by atoms with Crippen LogP contribution in [0.1, 0.15) is 24.1 Å². The molecular weight excluding hydrogens is 395 g/mol. The van der Waals surface area contributed by atoms with Crippen molar-refractivity contribution in [3.63, 3.8) is 0 Å². The van der Waals surface area contributed by atoms with Crippen molar-refractivity contribution >= 4 is 10.9 Å². The Balaban J connectivity index is 1.23. The second kappa shape index (κ2) is 8.39. The first-order chi connectivity index (χ1) is 15.1. The van der Waals surface area contributed by atoms with Gasteiger partial charge in [0.25, 0.3) is 0 Å². The smallest absolute Gasteiger partial charge is 0.204 e. The number of likely N-dealkylation sites (tertiary alicyclic amines) is 1. The zero-order chi connectivity index (χ0) is 21.2. The van der Waals surface area contributed by atoms with Crippen LogP contribution in [-0.2, 0) is 6.54 Å². The molecule has 2 aromatic heterocycles. The van der Waals surface area contributed by atoms with Gasteiger partial charge in [-0.25, -0.2) is 4.39 Å². The highest BCUT2D eigenvalue weighted by atomic mass is 19.1. The molecule has 0 atom stereocenters. The molecule has 2 aromatic carbocycles. The molecule has 4 aromatic rings. The normalized spacial score (nSPS) is 15.4.